The number of rotatable bonds is 4. The first-order chi connectivity index (χ1) is 12.4. The average Bonchev–Trinajstić information content (AvgIpc) is 2.72. The molecule has 0 saturated heterocycles. The van der Waals surface area contributed by atoms with Gasteiger partial charge in [0, 0.05) is 15.7 Å². The van der Waals surface area contributed by atoms with Crippen molar-refractivity contribution in [2.45, 2.75) is 25.6 Å². The van der Waals surface area contributed by atoms with E-state index in [1.165, 1.54) is 0 Å². The fourth-order valence-electron chi connectivity index (χ4n) is 3.05. The molecule has 0 bridgehead atoms. The maximum absolute atomic E-state index is 12.4. The second-order valence-corrected chi connectivity index (χ2v) is 6.91. The van der Waals surface area contributed by atoms with Gasteiger partial charge in [-0.3, -0.25) is 9.59 Å². The third kappa shape index (κ3) is 3.59. The van der Waals surface area contributed by atoms with Crippen molar-refractivity contribution in [1.82, 2.24) is 0 Å². The first-order valence-electron chi connectivity index (χ1n) is 8.01. The molecule has 26 heavy (non-hydrogen) atoms. The van der Waals surface area contributed by atoms with Crippen molar-refractivity contribution in [2.24, 2.45) is 0 Å². The van der Waals surface area contributed by atoms with Crippen LogP contribution >= 0.6 is 15.9 Å². The van der Waals surface area contributed by atoms with Crippen molar-refractivity contribution >= 4 is 33.5 Å². The summed E-state index contributed by atoms with van der Waals surface area (Å²) < 4.78 is 12.2. The van der Waals surface area contributed by atoms with Gasteiger partial charge in [-0.1, -0.05) is 28.1 Å². The molecule has 0 radical (unpaired) electrons. The number of carboxylic acids is 1. The molecule has 1 aliphatic rings. The number of hydrogen-bond acceptors (Lipinski definition) is 4. The lowest BCUT2D eigenvalue weighted by Gasteiger charge is -2.23. The topological polar surface area (TPSA) is 84.9 Å². The van der Waals surface area contributed by atoms with E-state index in [1.807, 2.05) is 37.3 Å². The van der Waals surface area contributed by atoms with E-state index < -0.39 is 30.5 Å². The van der Waals surface area contributed by atoms with E-state index >= 15 is 0 Å². The highest BCUT2D eigenvalue weighted by atomic mass is 79.9. The number of aliphatic carboxylic acids is 1. The van der Waals surface area contributed by atoms with Crippen LogP contribution in [-0.4, -0.2) is 30.2 Å². The molecule has 1 aliphatic heterocycles. The summed E-state index contributed by atoms with van der Waals surface area (Å²) in [6, 6.07) is 11.0. The Bertz CT molecular complexity index is 867. The van der Waals surface area contributed by atoms with Crippen LogP contribution in [0.25, 0.3) is 0 Å². The van der Waals surface area contributed by atoms with E-state index in [0.29, 0.717) is 11.4 Å². The van der Waals surface area contributed by atoms with Gasteiger partial charge in [-0.2, -0.15) is 0 Å². The highest BCUT2D eigenvalue weighted by Crippen LogP contribution is 2.40. The molecular formula is C19H18BrNO5. The van der Waals surface area contributed by atoms with Crippen LogP contribution in [0.5, 0.6) is 5.75 Å². The molecule has 136 valence electrons. The Morgan fingerprint density at radius 1 is 1.31 bits per heavy atom. The van der Waals surface area contributed by atoms with E-state index in [4.69, 9.17) is 14.6 Å². The van der Waals surface area contributed by atoms with Crippen LogP contribution in [-0.2, 0) is 14.3 Å². The summed E-state index contributed by atoms with van der Waals surface area (Å²) in [5.74, 6) is -0.876. The summed E-state index contributed by atoms with van der Waals surface area (Å²) in [6.07, 6.45) is -2.13. The fraction of sp³-hybridized carbons (Fsp3) is 0.263. The van der Waals surface area contributed by atoms with Crippen LogP contribution in [0.15, 0.2) is 40.9 Å². The molecule has 0 fully saturated rings. The number of carbonyl (C=O) groups is 2. The van der Waals surface area contributed by atoms with Gasteiger partial charge in [0.25, 0.3) is 5.91 Å². The van der Waals surface area contributed by atoms with Crippen LogP contribution < -0.4 is 10.1 Å². The zero-order valence-corrected chi connectivity index (χ0v) is 15.9. The van der Waals surface area contributed by atoms with Crippen LogP contribution in [0.1, 0.15) is 29.2 Å². The predicted molar refractivity (Wildman–Crippen MR) is 99.5 cm³/mol. The van der Waals surface area contributed by atoms with Crippen molar-refractivity contribution in [2.75, 3.05) is 12.4 Å². The smallest absolute Gasteiger partial charge is 0.306 e. The Morgan fingerprint density at radius 2 is 2.08 bits per heavy atom. The van der Waals surface area contributed by atoms with Gasteiger partial charge in [-0.25, -0.2) is 0 Å². The maximum Gasteiger partial charge on any atom is 0.306 e. The Balaban J connectivity index is 2.15. The lowest BCUT2D eigenvalue weighted by molar-refractivity contribution is -0.146. The number of nitrogens with one attached hydrogen (secondary N) is 1. The summed E-state index contributed by atoms with van der Waals surface area (Å²) in [4.78, 5) is 23.6. The van der Waals surface area contributed by atoms with Crippen molar-refractivity contribution in [3.05, 3.63) is 57.6 Å². The molecule has 0 saturated carbocycles. The molecule has 7 heteroatoms. The van der Waals surface area contributed by atoms with Crippen molar-refractivity contribution in [3.8, 4) is 5.75 Å². The summed E-state index contributed by atoms with van der Waals surface area (Å²) in [6.45, 7) is 1.90. The first-order valence-corrected chi connectivity index (χ1v) is 8.81. The van der Waals surface area contributed by atoms with E-state index in [-0.39, 0.29) is 0 Å². The molecule has 6 nitrogen and oxygen atoms in total. The van der Waals surface area contributed by atoms with Gasteiger partial charge in [0.15, 0.2) is 0 Å². The van der Waals surface area contributed by atoms with Gasteiger partial charge >= 0.3 is 5.97 Å². The average molecular weight is 420 g/mol. The highest BCUT2D eigenvalue weighted by Gasteiger charge is 2.34. The summed E-state index contributed by atoms with van der Waals surface area (Å²) in [7, 11) is 1.59. The standard InChI is InChI=1S/C19H18BrNO5/c1-10-12(4-3-5-15(10)25-2)18-13-8-11(20)6-7-14(13)21-19(24)16(26-18)9-17(22)23/h3-8,16,18H,9H2,1-2H3,(H,21,24)(H,22,23)/t16-,18-/m0/s1. The van der Waals surface area contributed by atoms with E-state index in [0.717, 1.165) is 21.2 Å². The highest BCUT2D eigenvalue weighted by molar-refractivity contribution is 9.10. The molecular weight excluding hydrogens is 402 g/mol. The number of methoxy groups -OCH3 is 1. The van der Waals surface area contributed by atoms with E-state index in [2.05, 4.69) is 21.2 Å². The molecule has 0 aliphatic carbocycles. The first kappa shape index (κ1) is 18.4. The lowest BCUT2D eigenvalue weighted by Crippen LogP contribution is -2.31. The van der Waals surface area contributed by atoms with Crippen LogP contribution in [0, 0.1) is 6.92 Å². The number of anilines is 1. The lowest BCUT2D eigenvalue weighted by atomic mass is 9.95. The van der Waals surface area contributed by atoms with Gasteiger partial charge in [-0.15, -0.1) is 0 Å². The Hall–Kier alpha value is -2.38. The monoisotopic (exact) mass is 419 g/mol. The van der Waals surface area contributed by atoms with Crippen molar-refractivity contribution in [3.63, 3.8) is 0 Å². The molecule has 0 spiro atoms. The molecule has 3 rings (SSSR count). The molecule has 0 unspecified atom stereocenters. The summed E-state index contributed by atoms with van der Waals surface area (Å²) >= 11 is 3.45. The van der Waals surface area contributed by atoms with Gasteiger partial charge < -0.3 is 19.9 Å². The van der Waals surface area contributed by atoms with Gasteiger partial charge in [0.2, 0.25) is 0 Å². The number of carboxylic acid groups (broad SMARTS) is 1. The van der Waals surface area contributed by atoms with E-state index in [9.17, 15) is 9.59 Å². The predicted octanol–water partition coefficient (Wildman–Crippen LogP) is 3.67. The number of amides is 1. The van der Waals surface area contributed by atoms with Gasteiger partial charge in [-0.05, 0) is 42.3 Å². The van der Waals surface area contributed by atoms with Crippen molar-refractivity contribution < 1.29 is 24.2 Å². The zero-order valence-electron chi connectivity index (χ0n) is 14.3. The number of fused-ring (bicyclic) bond motifs is 1. The number of ether oxygens (including phenoxy) is 2. The minimum absolute atomic E-state index is 0.416. The molecule has 1 heterocycles. The zero-order chi connectivity index (χ0) is 18.8. The van der Waals surface area contributed by atoms with Gasteiger partial charge in [0.1, 0.15) is 18.0 Å². The SMILES string of the molecule is COc1cccc([C@@H]2O[C@@H](CC(=O)O)C(=O)Nc3ccc(Br)cc32)c1C. The summed E-state index contributed by atoms with van der Waals surface area (Å²) in [5.41, 5.74) is 3.03. The van der Waals surface area contributed by atoms with Crippen molar-refractivity contribution in [1.29, 1.82) is 0 Å². The molecule has 1 amide bonds. The fourth-order valence-corrected chi connectivity index (χ4v) is 3.43. The molecule has 0 aromatic heterocycles. The Kier molecular flexibility index (Phi) is 5.29. The van der Waals surface area contributed by atoms with Crippen LogP contribution in [0.2, 0.25) is 0 Å². The molecule has 2 aromatic rings. The van der Waals surface area contributed by atoms with Gasteiger partial charge in [0.05, 0.1) is 13.5 Å². The number of carbonyl (C=O) groups excluding carboxylic acids is 1. The van der Waals surface area contributed by atoms with Crippen LogP contribution in [0.3, 0.4) is 0 Å². The normalized spacial score (nSPS) is 19.3. The third-order valence-electron chi connectivity index (χ3n) is 4.34. The third-order valence-corrected chi connectivity index (χ3v) is 4.83. The maximum atomic E-state index is 12.4. The molecule has 2 N–H and O–H groups in total. The van der Waals surface area contributed by atoms with E-state index in [1.54, 1.807) is 13.2 Å². The van der Waals surface area contributed by atoms with Crippen LogP contribution in [0.4, 0.5) is 5.69 Å². The Labute approximate surface area is 159 Å². The second kappa shape index (κ2) is 7.47. The number of halogens is 1. The molecule has 2 atom stereocenters. The Morgan fingerprint density at radius 3 is 2.77 bits per heavy atom. The number of benzene rings is 2. The largest absolute Gasteiger partial charge is 0.496 e. The minimum atomic E-state index is -1.10. The minimum Gasteiger partial charge on any atom is -0.496 e. The second-order valence-electron chi connectivity index (χ2n) is 6.00. The summed E-state index contributed by atoms with van der Waals surface area (Å²) in [5, 5.41) is 11.9. The quantitative estimate of drug-likeness (QED) is 0.789. The number of hydrogen-bond donors (Lipinski definition) is 2. The molecule has 2 aromatic carbocycles.